The van der Waals surface area contributed by atoms with Crippen molar-refractivity contribution >= 4 is 17.6 Å². The lowest BCUT2D eigenvalue weighted by atomic mass is 10.1. The van der Waals surface area contributed by atoms with Crippen molar-refractivity contribution in [2.45, 2.75) is 0 Å². The zero-order valence-electron chi connectivity index (χ0n) is 10.2. The highest BCUT2D eigenvalue weighted by molar-refractivity contribution is 5.95. The van der Waals surface area contributed by atoms with Gasteiger partial charge < -0.3 is 16.2 Å². The highest BCUT2D eigenvalue weighted by Gasteiger charge is 2.12. The normalized spacial score (nSPS) is 10.2. The molecule has 0 atom stereocenters. The molecule has 1 aromatic carbocycles. The first-order chi connectivity index (χ1) is 9.02. The van der Waals surface area contributed by atoms with Gasteiger partial charge in [-0.2, -0.15) is 5.10 Å². The van der Waals surface area contributed by atoms with E-state index in [0.29, 0.717) is 11.4 Å². The third kappa shape index (κ3) is 2.39. The van der Waals surface area contributed by atoms with Gasteiger partial charge in [-0.15, -0.1) is 0 Å². The molecule has 1 amide bonds. The van der Waals surface area contributed by atoms with Crippen LogP contribution in [0.3, 0.4) is 0 Å². The van der Waals surface area contributed by atoms with Crippen molar-refractivity contribution in [3.63, 3.8) is 0 Å². The molecule has 0 spiro atoms. The number of aromatic nitrogens is 2. The average Bonchev–Trinajstić information content (AvgIpc) is 2.88. The molecule has 19 heavy (non-hydrogen) atoms. The van der Waals surface area contributed by atoms with Crippen molar-refractivity contribution in [3.8, 4) is 5.69 Å². The molecule has 0 radical (unpaired) electrons. The number of carbonyl (C=O) groups is 2. The van der Waals surface area contributed by atoms with Crippen LogP contribution in [0.25, 0.3) is 5.69 Å². The van der Waals surface area contributed by atoms with Crippen LogP contribution in [0.4, 0.5) is 5.69 Å². The van der Waals surface area contributed by atoms with E-state index in [1.54, 1.807) is 12.1 Å². The summed E-state index contributed by atoms with van der Waals surface area (Å²) in [5, 5.41) is 3.99. The molecule has 7 nitrogen and oxygen atoms in total. The summed E-state index contributed by atoms with van der Waals surface area (Å²) in [6.45, 7) is 0. The van der Waals surface area contributed by atoms with Crippen LogP contribution >= 0.6 is 0 Å². The number of methoxy groups -OCH3 is 1. The number of ether oxygens (including phenoxy) is 1. The lowest BCUT2D eigenvalue weighted by molar-refractivity contribution is 0.0601. The van der Waals surface area contributed by atoms with Crippen molar-refractivity contribution in [1.82, 2.24) is 9.78 Å². The number of esters is 1. The molecule has 7 heteroatoms. The van der Waals surface area contributed by atoms with E-state index in [1.165, 1.54) is 30.3 Å². The summed E-state index contributed by atoms with van der Waals surface area (Å²) in [6, 6.07) is 4.76. The van der Waals surface area contributed by atoms with E-state index in [0.717, 1.165) is 0 Å². The predicted octanol–water partition coefficient (Wildman–Crippen LogP) is 0.340. The third-order valence-corrected chi connectivity index (χ3v) is 2.57. The maximum Gasteiger partial charge on any atom is 0.340 e. The second kappa shape index (κ2) is 4.81. The lowest BCUT2D eigenvalue weighted by Gasteiger charge is -2.07. The monoisotopic (exact) mass is 260 g/mol. The fourth-order valence-electron chi connectivity index (χ4n) is 1.56. The number of nitrogens with zero attached hydrogens (tertiary/aromatic N) is 2. The number of nitrogen functional groups attached to an aromatic ring is 1. The van der Waals surface area contributed by atoms with Crippen LogP contribution in [-0.2, 0) is 4.74 Å². The molecule has 2 aromatic rings. The fourth-order valence-corrected chi connectivity index (χ4v) is 1.56. The van der Waals surface area contributed by atoms with Gasteiger partial charge in [0.05, 0.1) is 30.1 Å². The Kier molecular flexibility index (Phi) is 3.19. The first kappa shape index (κ1) is 12.6. The zero-order valence-corrected chi connectivity index (χ0v) is 10.2. The van der Waals surface area contributed by atoms with Crippen LogP contribution in [0.2, 0.25) is 0 Å². The SMILES string of the molecule is COC(=O)c1cc(-n2cc(C(N)=O)cn2)ccc1N. The van der Waals surface area contributed by atoms with E-state index in [-0.39, 0.29) is 11.1 Å². The number of benzene rings is 1. The standard InChI is InChI=1S/C12H12N4O3/c1-19-12(18)9-4-8(2-3-10(9)13)16-6-7(5-15-16)11(14)17/h2-6H,13H2,1H3,(H2,14,17). The van der Waals surface area contributed by atoms with Crippen LogP contribution in [-0.4, -0.2) is 28.8 Å². The molecule has 1 aromatic heterocycles. The quantitative estimate of drug-likeness (QED) is 0.610. The number of primary amides is 1. The van der Waals surface area contributed by atoms with E-state index >= 15 is 0 Å². The van der Waals surface area contributed by atoms with Gasteiger partial charge in [-0.3, -0.25) is 4.79 Å². The molecule has 4 N–H and O–H groups in total. The van der Waals surface area contributed by atoms with E-state index in [4.69, 9.17) is 11.5 Å². The summed E-state index contributed by atoms with van der Waals surface area (Å²) in [5.41, 5.74) is 12.2. The van der Waals surface area contributed by atoms with Crippen LogP contribution in [0.15, 0.2) is 30.6 Å². The van der Waals surface area contributed by atoms with Crippen molar-refractivity contribution < 1.29 is 14.3 Å². The van der Waals surface area contributed by atoms with Gasteiger partial charge in [-0.1, -0.05) is 0 Å². The number of amides is 1. The Hall–Kier alpha value is -2.83. The molecule has 0 saturated carbocycles. The smallest absolute Gasteiger partial charge is 0.340 e. The number of hydrogen-bond acceptors (Lipinski definition) is 5. The van der Waals surface area contributed by atoms with Gasteiger partial charge in [-0.25, -0.2) is 9.48 Å². The summed E-state index contributed by atoms with van der Waals surface area (Å²) in [6.07, 6.45) is 2.81. The van der Waals surface area contributed by atoms with Crippen LogP contribution in [0, 0.1) is 0 Å². The van der Waals surface area contributed by atoms with Crippen LogP contribution in [0.1, 0.15) is 20.7 Å². The minimum absolute atomic E-state index is 0.233. The maximum atomic E-state index is 11.5. The number of nitrogens with two attached hydrogens (primary N) is 2. The highest BCUT2D eigenvalue weighted by atomic mass is 16.5. The molecule has 0 unspecified atom stereocenters. The number of anilines is 1. The Morgan fingerprint density at radius 3 is 2.68 bits per heavy atom. The van der Waals surface area contributed by atoms with Gasteiger partial charge in [0.15, 0.2) is 0 Å². The minimum atomic E-state index is -0.574. The molecule has 0 aliphatic rings. The van der Waals surface area contributed by atoms with Gasteiger partial charge in [-0.05, 0) is 18.2 Å². The highest BCUT2D eigenvalue weighted by Crippen LogP contribution is 2.18. The molecular weight excluding hydrogens is 248 g/mol. The molecule has 2 rings (SSSR count). The van der Waals surface area contributed by atoms with Crippen LogP contribution in [0.5, 0.6) is 0 Å². The summed E-state index contributed by atoms with van der Waals surface area (Å²) in [4.78, 5) is 22.5. The van der Waals surface area contributed by atoms with E-state index in [2.05, 4.69) is 9.84 Å². The van der Waals surface area contributed by atoms with Gasteiger partial charge >= 0.3 is 5.97 Å². The third-order valence-electron chi connectivity index (χ3n) is 2.57. The summed E-state index contributed by atoms with van der Waals surface area (Å²) in [7, 11) is 1.27. The predicted molar refractivity (Wildman–Crippen MR) is 67.8 cm³/mol. The second-order valence-electron chi connectivity index (χ2n) is 3.80. The summed E-state index contributed by atoms with van der Waals surface area (Å²) in [5.74, 6) is -1.11. The minimum Gasteiger partial charge on any atom is -0.465 e. The van der Waals surface area contributed by atoms with Gasteiger partial charge in [0.1, 0.15) is 0 Å². The van der Waals surface area contributed by atoms with Crippen molar-refractivity contribution in [3.05, 3.63) is 41.7 Å². The van der Waals surface area contributed by atoms with E-state index in [9.17, 15) is 9.59 Å². The lowest BCUT2D eigenvalue weighted by Crippen LogP contribution is -2.09. The molecule has 0 aliphatic carbocycles. The van der Waals surface area contributed by atoms with Gasteiger partial charge in [0, 0.05) is 11.9 Å². The van der Waals surface area contributed by atoms with E-state index in [1.807, 2.05) is 0 Å². The molecule has 0 aliphatic heterocycles. The largest absolute Gasteiger partial charge is 0.465 e. The van der Waals surface area contributed by atoms with E-state index < -0.39 is 11.9 Å². The summed E-state index contributed by atoms with van der Waals surface area (Å²) >= 11 is 0. The molecule has 0 fully saturated rings. The van der Waals surface area contributed by atoms with Crippen molar-refractivity contribution in [2.75, 3.05) is 12.8 Å². The number of hydrogen-bond donors (Lipinski definition) is 2. The molecule has 1 heterocycles. The van der Waals surface area contributed by atoms with Gasteiger partial charge in [0.2, 0.25) is 0 Å². The average molecular weight is 260 g/mol. The number of rotatable bonds is 3. The molecule has 0 saturated heterocycles. The Morgan fingerprint density at radius 2 is 2.11 bits per heavy atom. The first-order valence-electron chi connectivity index (χ1n) is 5.35. The molecule has 0 bridgehead atoms. The fraction of sp³-hybridized carbons (Fsp3) is 0.0833. The molecule has 98 valence electrons. The molecular formula is C12H12N4O3. The second-order valence-corrected chi connectivity index (χ2v) is 3.80. The number of carbonyl (C=O) groups excluding carboxylic acids is 2. The van der Waals surface area contributed by atoms with Crippen molar-refractivity contribution in [2.24, 2.45) is 5.73 Å². The topological polar surface area (TPSA) is 113 Å². The first-order valence-corrected chi connectivity index (χ1v) is 5.35. The Labute approximate surface area is 108 Å². The Morgan fingerprint density at radius 1 is 1.37 bits per heavy atom. The zero-order chi connectivity index (χ0) is 14.0. The Balaban J connectivity index is 2.45. The maximum absolute atomic E-state index is 11.5. The Bertz CT molecular complexity index is 648. The van der Waals surface area contributed by atoms with Gasteiger partial charge in [0.25, 0.3) is 5.91 Å². The van der Waals surface area contributed by atoms with Crippen LogP contribution < -0.4 is 11.5 Å². The summed E-state index contributed by atoms with van der Waals surface area (Å²) < 4.78 is 6.05. The van der Waals surface area contributed by atoms with Crippen molar-refractivity contribution in [1.29, 1.82) is 0 Å².